The van der Waals surface area contributed by atoms with Gasteiger partial charge in [-0.3, -0.25) is 0 Å². The first-order chi connectivity index (χ1) is 6.18. The molecule has 0 amide bonds. The lowest BCUT2D eigenvalue weighted by Gasteiger charge is -2.03. The van der Waals surface area contributed by atoms with E-state index in [0.717, 1.165) is 5.56 Å². The lowest BCUT2D eigenvalue weighted by molar-refractivity contribution is 0.195. The molecule has 1 unspecified atom stereocenters. The molecule has 1 aromatic carbocycles. The van der Waals surface area contributed by atoms with E-state index in [4.69, 9.17) is 21.0 Å². The van der Waals surface area contributed by atoms with Crippen LogP contribution in [0.25, 0.3) is 0 Å². The molecule has 0 radical (unpaired) electrons. The van der Waals surface area contributed by atoms with Gasteiger partial charge in [-0.15, -0.1) is 0 Å². The van der Waals surface area contributed by atoms with E-state index in [0.29, 0.717) is 6.42 Å². The van der Waals surface area contributed by atoms with Crippen LogP contribution in [0.15, 0.2) is 24.3 Å². The summed E-state index contributed by atoms with van der Waals surface area (Å²) in [6.45, 7) is 1.73. The number of aliphatic hydroxyl groups is 1. The molecule has 0 heterocycles. The number of rotatable bonds is 2. The van der Waals surface area contributed by atoms with Crippen LogP contribution in [0.4, 0.5) is 0 Å². The van der Waals surface area contributed by atoms with E-state index < -0.39 is 0 Å². The van der Waals surface area contributed by atoms with Crippen molar-refractivity contribution >= 4 is 0 Å². The molecule has 0 bridgehead atoms. The van der Waals surface area contributed by atoms with Gasteiger partial charge >= 0.3 is 0 Å². The first-order valence-electron chi connectivity index (χ1n) is 3.84. The van der Waals surface area contributed by atoms with E-state index in [1.54, 1.807) is 25.1 Å². The Labute approximate surface area is 76.9 Å². The Hall–Kier alpha value is -1.60. The Balaban J connectivity index is 0.000000671. The van der Waals surface area contributed by atoms with Crippen molar-refractivity contribution in [2.45, 2.75) is 19.4 Å². The molecule has 0 spiro atoms. The van der Waals surface area contributed by atoms with Gasteiger partial charge in [0.05, 0.1) is 6.10 Å². The Morgan fingerprint density at radius 1 is 1.38 bits per heavy atom. The minimum absolute atomic E-state index is 0.253. The summed E-state index contributed by atoms with van der Waals surface area (Å²) in [6.07, 6.45) is 0.241. The van der Waals surface area contributed by atoms with Gasteiger partial charge in [-0.2, -0.15) is 0 Å². The van der Waals surface area contributed by atoms with Crippen molar-refractivity contribution in [2.24, 2.45) is 0 Å². The summed E-state index contributed by atoms with van der Waals surface area (Å²) in [4.78, 5) is 0. The smallest absolute Gasteiger partial charge is 0.115 e. The van der Waals surface area contributed by atoms with Crippen molar-refractivity contribution in [1.29, 1.82) is 10.8 Å². The van der Waals surface area contributed by atoms with Gasteiger partial charge in [0.15, 0.2) is 0 Å². The van der Waals surface area contributed by atoms with Gasteiger partial charge in [-0.1, -0.05) is 12.1 Å². The van der Waals surface area contributed by atoms with Crippen LogP contribution >= 0.6 is 0 Å². The lowest BCUT2D eigenvalue weighted by atomic mass is 10.1. The number of phenols is 1. The fraction of sp³-hybridized carbons (Fsp3) is 0.333. The first kappa shape index (κ1) is 11.4. The molecule has 0 fully saturated rings. The van der Waals surface area contributed by atoms with Crippen molar-refractivity contribution in [2.75, 3.05) is 0 Å². The lowest BCUT2D eigenvalue weighted by Crippen LogP contribution is -2.03. The zero-order valence-electron chi connectivity index (χ0n) is 7.38. The van der Waals surface area contributed by atoms with E-state index in [-0.39, 0.29) is 11.9 Å². The van der Waals surface area contributed by atoms with E-state index in [1.165, 1.54) is 0 Å². The second-order valence-corrected chi connectivity index (χ2v) is 2.72. The summed E-state index contributed by atoms with van der Waals surface area (Å²) < 4.78 is 0. The van der Waals surface area contributed by atoms with Crippen LogP contribution in [0.2, 0.25) is 0 Å². The molecule has 1 aromatic rings. The van der Waals surface area contributed by atoms with Gasteiger partial charge in [0, 0.05) is 10.8 Å². The quantitative estimate of drug-likeness (QED) is 0.672. The van der Waals surface area contributed by atoms with Gasteiger partial charge in [-0.05, 0) is 31.0 Å². The average Bonchev–Trinajstić information content (AvgIpc) is 2.06. The zero-order valence-corrected chi connectivity index (χ0v) is 7.38. The van der Waals surface area contributed by atoms with Crippen LogP contribution in [0.1, 0.15) is 12.5 Å². The topological polar surface area (TPSA) is 88.0 Å². The Bertz CT molecular complexity index is 271. The molecule has 0 aliphatic heterocycles. The maximum Gasteiger partial charge on any atom is 0.115 e. The highest BCUT2D eigenvalue weighted by molar-refractivity contribution is 5.27. The summed E-state index contributed by atoms with van der Waals surface area (Å²) in [5.74, 6) is 0.253. The molecule has 0 aliphatic rings. The number of phenolic OH excluding ortho intramolecular Hbond substituents is 1. The molecule has 0 aliphatic carbocycles. The second kappa shape index (κ2) is 5.98. The SMILES string of the molecule is CC(O)Cc1cccc(O)c1.N#N. The largest absolute Gasteiger partial charge is 0.508 e. The standard InChI is InChI=1S/C9H12O2.N2/c1-7(10)5-8-3-2-4-9(11)6-8;1-2/h2-4,6-7,10-11H,5H2,1H3;. The molecule has 70 valence electrons. The summed E-state index contributed by atoms with van der Waals surface area (Å²) in [5, 5.41) is 30.1. The molecule has 0 aromatic heterocycles. The summed E-state index contributed by atoms with van der Waals surface area (Å²) in [7, 11) is 0. The summed E-state index contributed by atoms with van der Waals surface area (Å²) in [5.41, 5.74) is 0.958. The van der Waals surface area contributed by atoms with E-state index in [9.17, 15) is 0 Å². The number of nitrogens with zero attached hydrogens (tertiary/aromatic N) is 2. The highest BCUT2D eigenvalue weighted by atomic mass is 16.3. The average molecular weight is 180 g/mol. The number of benzene rings is 1. The molecule has 13 heavy (non-hydrogen) atoms. The third kappa shape index (κ3) is 4.77. The van der Waals surface area contributed by atoms with E-state index in [1.807, 2.05) is 6.07 Å². The van der Waals surface area contributed by atoms with E-state index in [2.05, 4.69) is 0 Å². The van der Waals surface area contributed by atoms with Crippen LogP contribution < -0.4 is 0 Å². The minimum atomic E-state index is -0.350. The van der Waals surface area contributed by atoms with Crippen LogP contribution in [0, 0.1) is 10.8 Å². The maximum atomic E-state index is 9.04. The van der Waals surface area contributed by atoms with Gasteiger partial charge < -0.3 is 10.2 Å². The molecule has 1 rings (SSSR count). The van der Waals surface area contributed by atoms with Crippen LogP contribution in [0.5, 0.6) is 5.75 Å². The number of hydrogen-bond donors (Lipinski definition) is 2. The van der Waals surface area contributed by atoms with Gasteiger partial charge in [0.25, 0.3) is 0 Å². The van der Waals surface area contributed by atoms with Crippen molar-refractivity contribution in [1.82, 2.24) is 0 Å². The van der Waals surface area contributed by atoms with Crippen LogP contribution in [0.3, 0.4) is 0 Å². The first-order valence-corrected chi connectivity index (χ1v) is 3.84. The van der Waals surface area contributed by atoms with Gasteiger partial charge in [-0.25, -0.2) is 0 Å². The van der Waals surface area contributed by atoms with Crippen molar-refractivity contribution in [3.8, 4) is 5.75 Å². The Kier molecular flexibility index (Phi) is 5.24. The molecule has 0 saturated carbocycles. The normalized spacial score (nSPS) is 11.1. The van der Waals surface area contributed by atoms with E-state index >= 15 is 0 Å². The van der Waals surface area contributed by atoms with Crippen molar-refractivity contribution in [3.63, 3.8) is 0 Å². The molecular formula is C9H12N2O2. The highest BCUT2D eigenvalue weighted by Crippen LogP contribution is 2.12. The Morgan fingerprint density at radius 3 is 2.46 bits per heavy atom. The third-order valence-electron chi connectivity index (χ3n) is 1.44. The fourth-order valence-electron chi connectivity index (χ4n) is 1.02. The monoisotopic (exact) mass is 180 g/mol. The molecule has 4 nitrogen and oxygen atoms in total. The predicted octanol–water partition coefficient (Wildman–Crippen LogP) is 1.35. The number of aromatic hydroxyl groups is 1. The molecule has 4 heteroatoms. The Morgan fingerprint density at radius 2 is 2.00 bits per heavy atom. The number of hydrogen-bond acceptors (Lipinski definition) is 4. The highest BCUT2D eigenvalue weighted by Gasteiger charge is 1.98. The summed E-state index contributed by atoms with van der Waals surface area (Å²) in [6, 6.07) is 6.93. The number of aliphatic hydroxyl groups excluding tert-OH is 1. The summed E-state index contributed by atoms with van der Waals surface area (Å²) >= 11 is 0. The zero-order chi connectivity index (χ0) is 10.3. The maximum absolute atomic E-state index is 9.04. The molecular weight excluding hydrogens is 168 g/mol. The van der Waals surface area contributed by atoms with Crippen LogP contribution in [-0.4, -0.2) is 16.3 Å². The van der Waals surface area contributed by atoms with Crippen LogP contribution in [-0.2, 0) is 6.42 Å². The predicted molar refractivity (Wildman–Crippen MR) is 46.9 cm³/mol. The third-order valence-corrected chi connectivity index (χ3v) is 1.44. The molecule has 2 N–H and O–H groups in total. The van der Waals surface area contributed by atoms with Crippen molar-refractivity contribution < 1.29 is 10.2 Å². The fourth-order valence-corrected chi connectivity index (χ4v) is 1.02. The van der Waals surface area contributed by atoms with Crippen molar-refractivity contribution in [3.05, 3.63) is 29.8 Å². The van der Waals surface area contributed by atoms with Gasteiger partial charge in [0.2, 0.25) is 0 Å². The van der Waals surface area contributed by atoms with Gasteiger partial charge in [0.1, 0.15) is 5.75 Å². The minimum Gasteiger partial charge on any atom is -0.508 e. The second-order valence-electron chi connectivity index (χ2n) is 2.72. The molecule has 1 atom stereocenters. The molecule has 0 saturated heterocycles.